The summed E-state index contributed by atoms with van der Waals surface area (Å²) in [6.07, 6.45) is 2.02. The Bertz CT molecular complexity index is 123. The second-order valence-corrected chi connectivity index (χ2v) is 5.31. The smallest absolute Gasteiger partial charge is 0.337 e. The van der Waals surface area contributed by atoms with Crippen molar-refractivity contribution in [2.75, 3.05) is 27.9 Å². The Balaban J connectivity index is 2.61. The van der Waals surface area contributed by atoms with Gasteiger partial charge in [-0.2, -0.15) is 13.6 Å². The van der Waals surface area contributed by atoms with Crippen molar-refractivity contribution in [3.63, 3.8) is 0 Å². The summed E-state index contributed by atoms with van der Waals surface area (Å²) in [5, 5.41) is 0. The number of hydrogen-bond donors (Lipinski definition) is 0. The van der Waals surface area contributed by atoms with E-state index in [4.69, 9.17) is 18.3 Å². The molecule has 1 aliphatic heterocycles. The fourth-order valence-corrected chi connectivity index (χ4v) is 3.33. The van der Waals surface area contributed by atoms with Crippen LogP contribution in [0.1, 0.15) is 12.8 Å². The first-order valence-electron chi connectivity index (χ1n) is 3.96. The highest BCUT2D eigenvalue weighted by Gasteiger charge is 2.53. The zero-order chi connectivity index (χ0) is 9.03. The first-order chi connectivity index (χ1) is 5.79. The Kier molecular flexibility index (Phi) is 3.87. The molecule has 1 aliphatic rings. The molecule has 4 nitrogen and oxygen atoms in total. The van der Waals surface area contributed by atoms with Gasteiger partial charge in [0, 0.05) is 6.42 Å². The Morgan fingerprint density at radius 2 is 1.75 bits per heavy atom. The van der Waals surface area contributed by atoms with Gasteiger partial charge in [0.05, 0.1) is 27.9 Å². The van der Waals surface area contributed by atoms with E-state index in [-0.39, 0.29) is 5.85 Å². The van der Waals surface area contributed by atoms with Gasteiger partial charge in [-0.1, -0.05) is 0 Å². The van der Waals surface area contributed by atoms with E-state index in [2.05, 4.69) is 0 Å². The standard InChI is InChI=1S/C7H16O4P/c1-8-12(9-2,10-3)7-5-4-6-11-7/h7H,4-6H2,1-3H3/q+1. The van der Waals surface area contributed by atoms with Crippen molar-refractivity contribution in [2.24, 2.45) is 0 Å². The van der Waals surface area contributed by atoms with Crippen LogP contribution in [0.3, 0.4) is 0 Å². The minimum atomic E-state index is -2.21. The number of ether oxygens (including phenoxy) is 1. The van der Waals surface area contributed by atoms with E-state index in [9.17, 15) is 0 Å². The van der Waals surface area contributed by atoms with Crippen LogP contribution < -0.4 is 0 Å². The maximum Gasteiger partial charge on any atom is 0.441 e. The Morgan fingerprint density at radius 1 is 1.17 bits per heavy atom. The van der Waals surface area contributed by atoms with Crippen molar-refractivity contribution in [1.29, 1.82) is 0 Å². The summed E-state index contributed by atoms with van der Waals surface area (Å²) < 4.78 is 21.3. The van der Waals surface area contributed by atoms with Crippen molar-refractivity contribution >= 4 is 7.94 Å². The quantitative estimate of drug-likeness (QED) is 0.641. The summed E-state index contributed by atoms with van der Waals surface area (Å²) in [4.78, 5) is 0. The second-order valence-electron chi connectivity index (χ2n) is 2.56. The molecule has 1 heterocycles. The summed E-state index contributed by atoms with van der Waals surface area (Å²) in [6, 6.07) is 0. The van der Waals surface area contributed by atoms with E-state index >= 15 is 0 Å². The third kappa shape index (κ3) is 1.78. The second kappa shape index (κ2) is 4.49. The van der Waals surface area contributed by atoms with Gasteiger partial charge in [-0.05, 0) is 6.42 Å². The van der Waals surface area contributed by atoms with Crippen LogP contribution in [0.4, 0.5) is 0 Å². The average Bonchev–Trinajstić information content (AvgIpc) is 2.62. The minimum Gasteiger partial charge on any atom is -0.337 e. The summed E-state index contributed by atoms with van der Waals surface area (Å²) >= 11 is 0. The Hall–Kier alpha value is 0.270. The Morgan fingerprint density at radius 3 is 2.08 bits per heavy atom. The van der Waals surface area contributed by atoms with Crippen LogP contribution in [0.2, 0.25) is 0 Å². The topological polar surface area (TPSA) is 36.9 Å². The first-order valence-corrected chi connectivity index (χ1v) is 5.58. The van der Waals surface area contributed by atoms with Gasteiger partial charge < -0.3 is 4.74 Å². The first kappa shape index (κ1) is 10.4. The molecule has 0 aliphatic carbocycles. The van der Waals surface area contributed by atoms with Gasteiger partial charge in [0.25, 0.3) is 0 Å². The van der Waals surface area contributed by atoms with E-state index in [1.165, 1.54) is 0 Å². The molecule has 1 saturated heterocycles. The van der Waals surface area contributed by atoms with Gasteiger partial charge in [0.1, 0.15) is 0 Å². The lowest BCUT2D eigenvalue weighted by Crippen LogP contribution is -2.16. The van der Waals surface area contributed by atoms with Crippen molar-refractivity contribution in [1.82, 2.24) is 0 Å². The van der Waals surface area contributed by atoms with E-state index in [1.807, 2.05) is 0 Å². The van der Waals surface area contributed by atoms with Crippen molar-refractivity contribution < 1.29 is 18.3 Å². The van der Waals surface area contributed by atoms with Crippen molar-refractivity contribution in [3.8, 4) is 0 Å². The summed E-state index contributed by atoms with van der Waals surface area (Å²) in [5.74, 6) is -0.00231. The van der Waals surface area contributed by atoms with Crippen LogP contribution in [0.25, 0.3) is 0 Å². The lowest BCUT2D eigenvalue weighted by atomic mass is 10.4. The van der Waals surface area contributed by atoms with Gasteiger partial charge in [-0.3, -0.25) is 0 Å². The van der Waals surface area contributed by atoms with E-state index in [1.54, 1.807) is 21.3 Å². The molecule has 1 fully saturated rings. The predicted molar refractivity (Wildman–Crippen MR) is 46.9 cm³/mol. The molecule has 1 atom stereocenters. The molecule has 5 heteroatoms. The van der Waals surface area contributed by atoms with E-state index in [0.29, 0.717) is 0 Å². The molecular weight excluding hydrogens is 179 g/mol. The molecular formula is C7H16O4P+. The molecule has 0 bridgehead atoms. The van der Waals surface area contributed by atoms with Crippen LogP contribution in [0.15, 0.2) is 0 Å². The third-order valence-electron chi connectivity index (χ3n) is 2.02. The van der Waals surface area contributed by atoms with Gasteiger partial charge in [0.2, 0.25) is 5.85 Å². The van der Waals surface area contributed by atoms with Gasteiger partial charge >= 0.3 is 7.94 Å². The predicted octanol–water partition coefficient (Wildman–Crippen LogP) is 1.82. The molecule has 0 aromatic heterocycles. The molecule has 1 unspecified atom stereocenters. The Labute approximate surface area is 73.7 Å². The highest BCUT2D eigenvalue weighted by atomic mass is 31.2. The zero-order valence-corrected chi connectivity index (χ0v) is 8.67. The molecule has 0 saturated carbocycles. The molecule has 72 valence electrons. The highest BCUT2D eigenvalue weighted by molar-refractivity contribution is 7.62. The maximum absolute atomic E-state index is 5.47. The zero-order valence-electron chi connectivity index (χ0n) is 7.78. The van der Waals surface area contributed by atoms with Gasteiger partial charge in [-0.25, -0.2) is 0 Å². The van der Waals surface area contributed by atoms with Crippen LogP contribution >= 0.6 is 7.94 Å². The lowest BCUT2D eigenvalue weighted by molar-refractivity contribution is 0.102. The molecule has 0 spiro atoms. The molecule has 12 heavy (non-hydrogen) atoms. The molecule has 0 radical (unpaired) electrons. The average molecular weight is 195 g/mol. The SMILES string of the molecule is CO[P+](OC)(OC)C1CCCO1. The summed E-state index contributed by atoms with van der Waals surface area (Å²) in [5.41, 5.74) is 0. The van der Waals surface area contributed by atoms with Crippen LogP contribution in [-0.2, 0) is 18.3 Å². The van der Waals surface area contributed by atoms with Crippen LogP contribution in [0.5, 0.6) is 0 Å². The van der Waals surface area contributed by atoms with Crippen molar-refractivity contribution in [3.05, 3.63) is 0 Å². The normalized spacial score (nSPS) is 24.8. The van der Waals surface area contributed by atoms with E-state index < -0.39 is 7.94 Å². The fourth-order valence-electron chi connectivity index (χ4n) is 1.39. The third-order valence-corrected chi connectivity index (χ3v) is 4.66. The van der Waals surface area contributed by atoms with E-state index in [0.717, 1.165) is 19.4 Å². The van der Waals surface area contributed by atoms with Gasteiger partial charge in [-0.15, -0.1) is 0 Å². The number of hydrogen-bond acceptors (Lipinski definition) is 4. The molecule has 1 rings (SSSR count). The van der Waals surface area contributed by atoms with Crippen molar-refractivity contribution in [2.45, 2.75) is 18.7 Å². The van der Waals surface area contributed by atoms with Crippen LogP contribution in [-0.4, -0.2) is 33.8 Å². The summed E-state index contributed by atoms with van der Waals surface area (Å²) in [6.45, 7) is 0.780. The molecule has 0 aromatic rings. The van der Waals surface area contributed by atoms with Gasteiger partial charge in [0.15, 0.2) is 0 Å². The van der Waals surface area contributed by atoms with Crippen LogP contribution in [0, 0.1) is 0 Å². The number of rotatable bonds is 4. The molecule has 0 aromatic carbocycles. The minimum absolute atomic E-state index is 0.00231. The largest absolute Gasteiger partial charge is 0.441 e. The fraction of sp³-hybridized carbons (Fsp3) is 1.00. The monoisotopic (exact) mass is 195 g/mol. The highest BCUT2D eigenvalue weighted by Crippen LogP contribution is 2.66. The lowest BCUT2D eigenvalue weighted by Gasteiger charge is -2.21. The molecule has 0 N–H and O–H groups in total. The molecule has 0 amide bonds. The maximum atomic E-state index is 5.47. The summed E-state index contributed by atoms with van der Waals surface area (Å²) in [7, 11) is 2.59.